The molecule has 4 rings (SSSR count). The van der Waals surface area contributed by atoms with E-state index < -0.39 is 23.6 Å². The molecule has 1 aliphatic heterocycles. The van der Waals surface area contributed by atoms with Crippen LogP contribution in [0.1, 0.15) is 15.9 Å². The van der Waals surface area contributed by atoms with Crippen LogP contribution in [0, 0.1) is 0 Å². The summed E-state index contributed by atoms with van der Waals surface area (Å²) in [6.45, 7) is 1.69. The number of methoxy groups -OCH3 is 1. The van der Waals surface area contributed by atoms with Crippen LogP contribution in [-0.4, -0.2) is 49.9 Å². The maximum Gasteiger partial charge on any atom is 0.416 e. The summed E-state index contributed by atoms with van der Waals surface area (Å²) in [5.74, 6) is -1.07. The molecule has 1 N–H and O–H groups in total. The fourth-order valence-electron chi connectivity index (χ4n) is 3.89. The van der Waals surface area contributed by atoms with E-state index in [2.05, 4.69) is 5.32 Å². The van der Waals surface area contributed by atoms with Crippen LogP contribution < -0.4 is 10.2 Å². The van der Waals surface area contributed by atoms with Crippen molar-refractivity contribution in [2.24, 2.45) is 0 Å². The van der Waals surface area contributed by atoms with Gasteiger partial charge in [0.2, 0.25) is 5.91 Å². The molecule has 1 amide bonds. The van der Waals surface area contributed by atoms with E-state index in [0.717, 1.165) is 12.1 Å². The van der Waals surface area contributed by atoms with Crippen LogP contribution in [0.25, 0.3) is 10.9 Å². The third-order valence-corrected chi connectivity index (χ3v) is 5.46. The average Bonchev–Trinajstić information content (AvgIpc) is 3.17. The number of nitrogens with zero attached hydrogens (tertiary/aromatic N) is 2. The van der Waals surface area contributed by atoms with Crippen molar-refractivity contribution in [1.82, 2.24) is 4.57 Å². The Labute approximate surface area is 187 Å². The van der Waals surface area contributed by atoms with Gasteiger partial charge in [0.25, 0.3) is 0 Å². The molecule has 0 saturated carbocycles. The van der Waals surface area contributed by atoms with E-state index in [0.29, 0.717) is 48.5 Å². The van der Waals surface area contributed by atoms with E-state index in [1.165, 1.54) is 19.4 Å². The topological polar surface area (TPSA) is 72.8 Å². The number of anilines is 2. The minimum absolute atomic E-state index is 0.0707. The summed E-state index contributed by atoms with van der Waals surface area (Å²) in [7, 11) is 1.27. The smallest absolute Gasteiger partial charge is 0.416 e. The van der Waals surface area contributed by atoms with Crippen LogP contribution in [-0.2, 0) is 27.0 Å². The van der Waals surface area contributed by atoms with Gasteiger partial charge in [-0.3, -0.25) is 4.79 Å². The SMILES string of the molecule is COC(=O)c1cn(CC(=O)Nc2cc(C(F)(F)F)ccc2N2CCOCC2)c2ccccc12. The Morgan fingerprint density at radius 1 is 1.12 bits per heavy atom. The monoisotopic (exact) mass is 461 g/mol. The van der Waals surface area contributed by atoms with Crippen molar-refractivity contribution < 1.29 is 32.2 Å². The van der Waals surface area contributed by atoms with Crippen molar-refractivity contribution in [3.63, 3.8) is 0 Å². The van der Waals surface area contributed by atoms with E-state index in [1.807, 2.05) is 4.90 Å². The Hall–Kier alpha value is -3.53. The molecule has 0 spiro atoms. The molecular formula is C23H22F3N3O4. The van der Waals surface area contributed by atoms with Crippen LogP contribution in [0.2, 0.25) is 0 Å². The lowest BCUT2D eigenvalue weighted by atomic mass is 10.1. The maximum absolute atomic E-state index is 13.3. The van der Waals surface area contributed by atoms with Crippen LogP contribution >= 0.6 is 0 Å². The summed E-state index contributed by atoms with van der Waals surface area (Å²) >= 11 is 0. The number of para-hydroxylation sites is 1. The molecule has 33 heavy (non-hydrogen) atoms. The fraction of sp³-hybridized carbons (Fsp3) is 0.304. The number of carbonyl (C=O) groups is 2. The number of halogens is 3. The van der Waals surface area contributed by atoms with Crippen molar-refractivity contribution in [3.05, 3.63) is 59.8 Å². The molecule has 10 heteroatoms. The van der Waals surface area contributed by atoms with Crippen molar-refractivity contribution in [3.8, 4) is 0 Å². The molecule has 0 atom stereocenters. The van der Waals surface area contributed by atoms with Gasteiger partial charge in [-0.05, 0) is 24.3 Å². The lowest BCUT2D eigenvalue weighted by molar-refractivity contribution is -0.137. The van der Waals surface area contributed by atoms with Gasteiger partial charge in [0.05, 0.1) is 42.8 Å². The Morgan fingerprint density at radius 2 is 1.85 bits per heavy atom. The number of alkyl halides is 3. The summed E-state index contributed by atoms with van der Waals surface area (Å²) < 4.78 is 51.7. The fourth-order valence-corrected chi connectivity index (χ4v) is 3.89. The third-order valence-electron chi connectivity index (χ3n) is 5.46. The van der Waals surface area contributed by atoms with Crippen LogP contribution in [0.4, 0.5) is 24.5 Å². The first kappa shape index (κ1) is 22.7. The van der Waals surface area contributed by atoms with E-state index in [-0.39, 0.29) is 12.2 Å². The summed E-state index contributed by atoms with van der Waals surface area (Å²) in [5, 5.41) is 3.24. The number of hydrogen-bond acceptors (Lipinski definition) is 5. The summed E-state index contributed by atoms with van der Waals surface area (Å²) in [5.41, 5.74) is 0.641. The first-order valence-corrected chi connectivity index (χ1v) is 10.3. The van der Waals surface area contributed by atoms with Crippen molar-refractivity contribution >= 4 is 34.2 Å². The van der Waals surface area contributed by atoms with Crippen molar-refractivity contribution in [2.45, 2.75) is 12.7 Å². The predicted octanol–water partition coefficient (Wildman–Crippen LogP) is 3.92. The molecule has 0 radical (unpaired) electrons. The van der Waals surface area contributed by atoms with Crippen LogP contribution in [0.15, 0.2) is 48.7 Å². The third kappa shape index (κ3) is 4.80. The second kappa shape index (κ2) is 9.14. The number of ether oxygens (including phenoxy) is 2. The lowest BCUT2D eigenvalue weighted by Gasteiger charge is -2.31. The summed E-state index contributed by atoms with van der Waals surface area (Å²) in [4.78, 5) is 26.9. The first-order chi connectivity index (χ1) is 15.8. The molecule has 1 fully saturated rings. The number of hydrogen-bond donors (Lipinski definition) is 1. The van der Waals surface area contributed by atoms with E-state index in [4.69, 9.17) is 9.47 Å². The van der Waals surface area contributed by atoms with Gasteiger partial charge in [0, 0.05) is 30.2 Å². The van der Waals surface area contributed by atoms with Gasteiger partial charge in [-0.15, -0.1) is 0 Å². The second-order valence-electron chi connectivity index (χ2n) is 7.56. The zero-order chi connectivity index (χ0) is 23.6. The van der Waals surface area contributed by atoms with Gasteiger partial charge in [0.1, 0.15) is 6.54 Å². The number of fused-ring (bicyclic) bond motifs is 1. The molecule has 1 aromatic heterocycles. The van der Waals surface area contributed by atoms with Crippen LogP contribution in [0.5, 0.6) is 0 Å². The van der Waals surface area contributed by atoms with Crippen LogP contribution in [0.3, 0.4) is 0 Å². The largest absolute Gasteiger partial charge is 0.465 e. The Kier molecular flexibility index (Phi) is 6.28. The highest BCUT2D eigenvalue weighted by Crippen LogP contribution is 2.36. The van der Waals surface area contributed by atoms with Gasteiger partial charge in [0.15, 0.2) is 0 Å². The standard InChI is InChI=1S/C23H22F3N3O4/c1-32-22(31)17-13-29(19-5-3-2-4-16(17)19)14-21(30)27-18-12-15(23(24,25)26)6-7-20(18)28-8-10-33-11-9-28/h2-7,12-13H,8-11,14H2,1H3,(H,27,30). The first-order valence-electron chi connectivity index (χ1n) is 10.3. The summed E-state index contributed by atoms with van der Waals surface area (Å²) in [6, 6.07) is 10.3. The molecular weight excluding hydrogens is 439 g/mol. The van der Waals surface area contributed by atoms with Crippen molar-refractivity contribution in [1.29, 1.82) is 0 Å². The summed E-state index contributed by atoms with van der Waals surface area (Å²) in [6.07, 6.45) is -3.04. The molecule has 0 unspecified atom stereocenters. The lowest BCUT2D eigenvalue weighted by Crippen LogP contribution is -2.37. The zero-order valence-corrected chi connectivity index (χ0v) is 17.8. The number of nitrogens with one attached hydrogen (secondary N) is 1. The Balaban J connectivity index is 1.64. The van der Waals surface area contributed by atoms with Gasteiger partial charge < -0.3 is 24.3 Å². The maximum atomic E-state index is 13.3. The van der Waals surface area contributed by atoms with Crippen molar-refractivity contribution in [2.75, 3.05) is 43.6 Å². The molecule has 3 aromatic rings. The molecule has 2 heterocycles. The van der Waals surface area contributed by atoms with E-state index >= 15 is 0 Å². The molecule has 1 saturated heterocycles. The highest BCUT2D eigenvalue weighted by atomic mass is 19.4. The number of carbonyl (C=O) groups excluding carboxylic acids is 2. The second-order valence-corrected chi connectivity index (χ2v) is 7.56. The number of aromatic nitrogens is 1. The highest BCUT2D eigenvalue weighted by Gasteiger charge is 2.32. The average molecular weight is 461 g/mol. The molecule has 174 valence electrons. The van der Waals surface area contributed by atoms with E-state index in [9.17, 15) is 22.8 Å². The normalized spacial score (nSPS) is 14.4. The number of rotatable bonds is 5. The van der Waals surface area contributed by atoms with Gasteiger partial charge in [-0.1, -0.05) is 18.2 Å². The number of esters is 1. The number of amides is 1. The van der Waals surface area contributed by atoms with Gasteiger partial charge >= 0.3 is 12.1 Å². The molecule has 0 bridgehead atoms. The molecule has 1 aliphatic rings. The zero-order valence-electron chi connectivity index (χ0n) is 17.8. The number of morpholine rings is 1. The van der Waals surface area contributed by atoms with E-state index in [1.54, 1.807) is 28.8 Å². The Bertz CT molecular complexity index is 1180. The quantitative estimate of drug-likeness (QED) is 0.583. The number of benzene rings is 2. The van der Waals surface area contributed by atoms with Gasteiger partial charge in [-0.25, -0.2) is 4.79 Å². The minimum atomic E-state index is -4.55. The minimum Gasteiger partial charge on any atom is -0.465 e. The Morgan fingerprint density at radius 3 is 2.55 bits per heavy atom. The molecule has 0 aliphatic carbocycles. The predicted molar refractivity (Wildman–Crippen MR) is 116 cm³/mol. The highest BCUT2D eigenvalue weighted by molar-refractivity contribution is 6.05. The molecule has 7 nitrogen and oxygen atoms in total. The van der Waals surface area contributed by atoms with Gasteiger partial charge in [-0.2, -0.15) is 13.2 Å². The molecule has 2 aromatic carbocycles.